The topological polar surface area (TPSA) is 24.9 Å². The molecule has 0 spiro atoms. The Kier molecular flexibility index (Phi) is 3.19. The fraction of sp³-hybridized carbons (Fsp3) is 0.727. The van der Waals surface area contributed by atoms with Crippen molar-refractivity contribution in [3.63, 3.8) is 0 Å². The van der Waals surface area contributed by atoms with E-state index in [2.05, 4.69) is 24.5 Å². The van der Waals surface area contributed by atoms with Gasteiger partial charge in [0.1, 0.15) is 0 Å². The Balaban J connectivity index is 2.07. The molecular weight excluding hydrogens is 192 g/mol. The highest BCUT2D eigenvalue weighted by Crippen LogP contribution is 2.28. The normalized spacial score (nSPS) is 22.9. The second-order valence-corrected chi connectivity index (χ2v) is 5.20. The van der Waals surface area contributed by atoms with Crippen LogP contribution in [-0.4, -0.2) is 18.1 Å². The third-order valence-corrected chi connectivity index (χ3v) is 3.80. The standard InChI is InChI=1S/C11H18N2S/c1-8(2)10-7-14-11(13-10)9-4-3-5-12-6-9/h7-9,12H,3-6H2,1-2H3. The van der Waals surface area contributed by atoms with Crippen LogP contribution in [0.3, 0.4) is 0 Å². The van der Waals surface area contributed by atoms with Crippen molar-refractivity contribution in [2.75, 3.05) is 13.1 Å². The monoisotopic (exact) mass is 210 g/mol. The molecule has 0 bridgehead atoms. The molecule has 1 aliphatic heterocycles. The summed E-state index contributed by atoms with van der Waals surface area (Å²) in [4.78, 5) is 4.71. The molecule has 78 valence electrons. The number of nitrogens with zero attached hydrogens (tertiary/aromatic N) is 1. The maximum atomic E-state index is 4.71. The highest BCUT2D eigenvalue weighted by Gasteiger charge is 2.18. The Morgan fingerprint density at radius 1 is 1.57 bits per heavy atom. The summed E-state index contributed by atoms with van der Waals surface area (Å²) >= 11 is 1.83. The number of rotatable bonds is 2. The van der Waals surface area contributed by atoms with E-state index in [9.17, 15) is 0 Å². The van der Waals surface area contributed by atoms with Crippen molar-refractivity contribution in [3.05, 3.63) is 16.1 Å². The van der Waals surface area contributed by atoms with E-state index >= 15 is 0 Å². The van der Waals surface area contributed by atoms with Crippen molar-refractivity contribution in [1.82, 2.24) is 10.3 Å². The van der Waals surface area contributed by atoms with Crippen LogP contribution in [-0.2, 0) is 0 Å². The van der Waals surface area contributed by atoms with Crippen LogP contribution >= 0.6 is 11.3 Å². The lowest BCUT2D eigenvalue weighted by Gasteiger charge is -2.20. The fourth-order valence-electron chi connectivity index (χ4n) is 1.82. The molecule has 0 aromatic carbocycles. The maximum absolute atomic E-state index is 4.71. The largest absolute Gasteiger partial charge is 0.316 e. The Morgan fingerprint density at radius 3 is 3.00 bits per heavy atom. The molecule has 1 aliphatic rings. The van der Waals surface area contributed by atoms with E-state index in [-0.39, 0.29) is 0 Å². The molecule has 0 saturated carbocycles. The minimum atomic E-state index is 0.566. The zero-order valence-electron chi connectivity index (χ0n) is 8.92. The molecule has 0 aliphatic carbocycles. The van der Waals surface area contributed by atoms with Crippen LogP contribution in [0.2, 0.25) is 0 Å². The molecule has 1 unspecified atom stereocenters. The number of hydrogen-bond acceptors (Lipinski definition) is 3. The van der Waals surface area contributed by atoms with Gasteiger partial charge in [0.25, 0.3) is 0 Å². The van der Waals surface area contributed by atoms with Gasteiger partial charge in [0.15, 0.2) is 0 Å². The molecular formula is C11H18N2S. The summed E-state index contributed by atoms with van der Waals surface area (Å²) in [5.41, 5.74) is 1.26. The van der Waals surface area contributed by atoms with Gasteiger partial charge < -0.3 is 5.32 Å². The third-order valence-electron chi connectivity index (χ3n) is 2.78. The summed E-state index contributed by atoms with van der Waals surface area (Å²) in [5, 5.41) is 6.99. The van der Waals surface area contributed by atoms with Gasteiger partial charge in [0.05, 0.1) is 10.7 Å². The number of aromatic nitrogens is 1. The molecule has 14 heavy (non-hydrogen) atoms. The summed E-state index contributed by atoms with van der Waals surface area (Å²) in [6, 6.07) is 0. The first-order valence-electron chi connectivity index (χ1n) is 5.43. The molecule has 1 aromatic rings. The predicted molar refractivity (Wildman–Crippen MR) is 61.0 cm³/mol. The first-order chi connectivity index (χ1) is 6.77. The number of piperidine rings is 1. The molecule has 1 saturated heterocycles. The summed E-state index contributed by atoms with van der Waals surface area (Å²) < 4.78 is 0. The van der Waals surface area contributed by atoms with Crippen molar-refractivity contribution in [2.24, 2.45) is 0 Å². The van der Waals surface area contributed by atoms with E-state index in [1.54, 1.807) is 0 Å². The molecule has 1 fully saturated rings. The van der Waals surface area contributed by atoms with Gasteiger partial charge in [-0.15, -0.1) is 11.3 Å². The third kappa shape index (κ3) is 2.15. The van der Waals surface area contributed by atoms with Gasteiger partial charge >= 0.3 is 0 Å². The average molecular weight is 210 g/mol. The second kappa shape index (κ2) is 4.41. The van der Waals surface area contributed by atoms with Gasteiger partial charge in [0.2, 0.25) is 0 Å². The average Bonchev–Trinajstić information content (AvgIpc) is 2.68. The number of thiazole rings is 1. The zero-order valence-corrected chi connectivity index (χ0v) is 9.73. The van der Waals surface area contributed by atoms with Gasteiger partial charge in [-0.3, -0.25) is 0 Å². The smallest absolute Gasteiger partial charge is 0.0972 e. The van der Waals surface area contributed by atoms with Crippen LogP contribution in [0, 0.1) is 0 Å². The van der Waals surface area contributed by atoms with Crippen LogP contribution in [0.5, 0.6) is 0 Å². The first-order valence-corrected chi connectivity index (χ1v) is 6.31. The molecule has 0 amide bonds. The zero-order chi connectivity index (χ0) is 9.97. The molecule has 3 heteroatoms. The minimum absolute atomic E-state index is 0.566. The summed E-state index contributed by atoms with van der Waals surface area (Å²) in [7, 11) is 0. The van der Waals surface area contributed by atoms with Crippen LogP contribution < -0.4 is 5.32 Å². The Hall–Kier alpha value is -0.410. The van der Waals surface area contributed by atoms with Crippen LogP contribution in [0.25, 0.3) is 0 Å². The summed E-state index contributed by atoms with van der Waals surface area (Å²) in [6.45, 7) is 6.71. The van der Waals surface area contributed by atoms with Crippen LogP contribution in [0.15, 0.2) is 5.38 Å². The lowest BCUT2D eigenvalue weighted by atomic mass is 10.0. The van der Waals surface area contributed by atoms with Crippen LogP contribution in [0.4, 0.5) is 0 Å². The van der Waals surface area contributed by atoms with E-state index in [4.69, 9.17) is 4.98 Å². The lowest BCUT2D eigenvalue weighted by molar-refractivity contribution is 0.459. The summed E-state index contributed by atoms with van der Waals surface area (Å²) in [6.07, 6.45) is 2.60. The van der Waals surface area contributed by atoms with E-state index in [0.29, 0.717) is 11.8 Å². The van der Waals surface area contributed by atoms with Crippen LogP contribution in [0.1, 0.15) is 49.2 Å². The highest BCUT2D eigenvalue weighted by atomic mass is 32.1. The van der Waals surface area contributed by atoms with Crippen molar-refractivity contribution in [2.45, 2.75) is 38.5 Å². The molecule has 1 aromatic heterocycles. The SMILES string of the molecule is CC(C)c1csc(C2CCCNC2)n1. The van der Waals surface area contributed by atoms with Gasteiger partial charge in [-0.2, -0.15) is 0 Å². The minimum Gasteiger partial charge on any atom is -0.316 e. The molecule has 1 atom stereocenters. The van der Waals surface area contributed by atoms with E-state index in [1.165, 1.54) is 30.1 Å². The predicted octanol–water partition coefficient (Wildman–Crippen LogP) is 2.73. The Morgan fingerprint density at radius 2 is 2.43 bits per heavy atom. The second-order valence-electron chi connectivity index (χ2n) is 4.31. The van der Waals surface area contributed by atoms with Crippen molar-refractivity contribution in [1.29, 1.82) is 0 Å². The Bertz CT molecular complexity index is 287. The van der Waals surface area contributed by atoms with Gasteiger partial charge in [-0.05, 0) is 25.3 Å². The van der Waals surface area contributed by atoms with Gasteiger partial charge in [-0.1, -0.05) is 13.8 Å². The quantitative estimate of drug-likeness (QED) is 0.812. The van der Waals surface area contributed by atoms with E-state index < -0.39 is 0 Å². The lowest BCUT2D eigenvalue weighted by Crippen LogP contribution is -2.28. The molecule has 2 rings (SSSR count). The van der Waals surface area contributed by atoms with Crippen molar-refractivity contribution >= 4 is 11.3 Å². The maximum Gasteiger partial charge on any atom is 0.0972 e. The fourth-order valence-corrected chi connectivity index (χ4v) is 2.93. The molecule has 2 nitrogen and oxygen atoms in total. The van der Waals surface area contributed by atoms with Gasteiger partial charge in [-0.25, -0.2) is 4.98 Å². The number of nitrogens with one attached hydrogen (secondary N) is 1. The first kappa shape index (κ1) is 10.1. The molecule has 2 heterocycles. The molecule has 1 N–H and O–H groups in total. The summed E-state index contributed by atoms with van der Waals surface area (Å²) in [5.74, 6) is 1.23. The van der Waals surface area contributed by atoms with E-state index in [1.807, 2.05) is 11.3 Å². The van der Waals surface area contributed by atoms with Crippen molar-refractivity contribution < 1.29 is 0 Å². The Labute approximate surface area is 89.8 Å². The van der Waals surface area contributed by atoms with Gasteiger partial charge in [0, 0.05) is 17.8 Å². The van der Waals surface area contributed by atoms with E-state index in [0.717, 1.165) is 6.54 Å². The van der Waals surface area contributed by atoms with Crippen molar-refractivity contribution in [3.8, 4) is 0 Å². The number of hydrogen-bond donors (Lipinski definition) is 1. The highest BCUT2D eigenvalue weighted by molar-refractivity contribution is 7.09. The molecule has 0 radical (unpaired) electrons.